The van der Waals surface area contributed by atoms with Crippen molar-refractivity contribution in [3.63, 3.8) is 0 Å². The van der Waals surface area contributed by atoms with Gasteiger partial charge in [0.1, 0.15) is 0 Å². The number of hydrogen-bond donors (Lipinski definition) is 1. The van der Waals surface area contributed by atoms with Crippen LogP contribution >= 0.6 is 0 Å². The molecule has 0 spiro atoms. The summed E-state index contributed by atoms with van der Waals surface area (Å²) in [6, 6.07) is 7.09. The Kier molecular flexibility index (Phi) is 4.32. The second-order valence-corrected chi connectivity index (χ2v) is 4.27. The van der Waals surface area contributed by atoms with Crippen LogP contribution in [0.5, 0.6) is 0 Å². The smallest absolute Gasteiger partial charge is 0.233 e. The first kappa shape index (κ1) is 13.3. The third-order valence-corrected chi connectivity index (χ3v) is 2.88. The zero-order valence-corrected chi connectivity index (χ0v) is 10.6. The summed E-state index contributed by atoms with van der Waals surface area (Å²) >= 11 is 0. The van der Waals surface area contributed by atoms with Gasteiger partial charge in [-0.1, -0.05) is 24.0 Å². The summed E-state index contributed by atoms with van der Waals surface area (Å²) in [6.45, 7) is -0.00323. The Morgan fingerprint density at radius 2 is 1.84 bits per heavy atom. The van der Waals surface area contributed by atoms with Gasteiger partial charge in [-0.3, -0.25) is 9.59 Å². The van der Waals surface area contributed by atoms with Crippen LogP contribution in [-0.2, 0) is 9.59 Å². The molecule has 1 aliphatic rings. The van der Waals surface area contributed by atoms with Gasteiger partial charge in [-0.15, -0.1) is 0 Å². The summed E-state index contributed by atoms with van der Waals surface area (Å²) in [6.07, 6.45) is 1.77. The van der Waals surface area contributed by atoms with Gasteiger partial charge in [0.05, 0.1) is 12.3 Å². The third kappa shape index (κ3) is 3.01. The minimum absolute atomic E-state index is 0.00323. The molecular formula is C15H15NO3. The number of benzene rings is 1. The Hall–Kier alpha value is -2.12. The number of carbonyl (C=O) groups excluding carboxylic acids is 2. The van der Waals surface area contributed by atoms with Gasteiger partial charge in [-0.25, -0.2) is 4.90 Å². The molecule has 1 N–H and O–H groups in total. The lowest BCUT2D eigenvalue weighted by Gasteiger charge is -2.25. The van der Waals surface area contributed by atoms with Crippen LogP contribution in [0.2, 0.25) is 0 Å². The highest BCUT2D eigenvalue weighted by Crippen LogP contribution is 2.25. The van der Waals surface area contributed by atoms with E-state index in [2.05, 4.69) is 11.8 Å². The fraction of sp³-hybridized carbons (Fsp3) is 0.333. The van der Waals surface area contributed by atoms with Crippen LogP contribution in [0.25, 0.3) is 0 Å². The molecule has 0 aliphatic carbocycles. The summed E-state index contributed by atoms with van der Waals surface area (Å²) in [7, 11) is 0. The lowest BCUT2D eigenvalue weighted by atomic mass is 10.1. The fourth-order valence-corrected chi connectivity index (χ4v) is 2.01. The number of imide groups is 1. The maximum Gasteiger partial charge on any atom is 0.233 e. The molecule has 19 heavy (non-hydrogen) atoms. The summed E-state index contributed by atoms with van der Waals surface area (Å²) in [5.74, 6) is 5.36. The molecule has 0 unspecified atom stereocenters. The molecule has 4 heteroatoms. The molecule has 98 valence electrons. The Bertz CT molecular complexity index is 538. The highest BCUT2D eigenvalue weighted by Gasteiger charge is 2.28. The monoisotopic (exact) mass is 257 g/mol. The minimum atomic E-state index is -0.173. The lowest BCUT2D eigenvalue weighted by molar-refractivity contribution is -0.129. The van der Waals surface area contributed by atoms with Crippen LogP contribution in [0, 0.1) is 11.8 Å². The molecule has 0 saturated carbocycles. The standard InChI is InChI=1S/C15H15NO3/c17-11-4-3-7-12-6-1-2-8-13(12)16-14(18)9-5-10-15(16)19/h1-2,6,8,17H,4-5,9-11H2. The van der Waals surface area contributed by atoms with Gasteiger partial charge >= 0.3 is 0 Å². The van der Waals surface area contributed by atoms with Crippen molar-refractivity contribution in [2.45, 2.75) is 25.7 Å². The zero-order chi connectivity index (χ0) is 13.7. The van der Waals surface area contributed by atoms with Gasteiger partial charge in [-0.2, -0.15) is 0 Å². The minimum Gasteiger partial charge on any atom is -0.395 e. The maximum atomic E-state index is 11.9. The van der Waals surface area contributed by atoms with Crippen LogP contribution in [-0.4, -0.2) is 23.5 Å². The first-order valence-corrected chi connectivity index (χ1v) is 6.28. The average Bonchev–Trinajstić information content (AvgIpc) is 2.40. The number of aliphatic hydroxyl groups is 1. The molecule has 1 saturated heterocycles. The van der Waals surface area contributed by atoms with E-state index in [1.807, 2.05) is 6.07 Å². The Labute approximate surface area is 112 Å². The second-order valence-electron chi connectivity index (χ2n) is 4.27. The molecule has 1 heterocycles. The molecule has 1 fully saturated rings. The second kappa shape index (κ2) is 6.17. The molecule has 0 aromatic heterocycles. The summed E-state index contributed by atoms with van der Waals surface area (Å²) in [5, 5.41) is 8.73. The number of piperidine rings is 1. The number of aliphatic hydroxyl groups excluding tert-OH is 1. The quantitative estimate of drug-likeness (QED) is 0.644. The molecule has 1 aromatic carbocycles. The van der Waals surface area contributed by atoms with Crippen molar-refractivity contribution in [1.29, 1.82) is 0 Å². The molecule has 4 nitrogen and oxygen atoms in total. The van der Waals surface area contributed by atoms with Crippen molar-refractivity contribution in [2.24, 2.45) is 0 Å². The van der Waals surface area contributed by atoms with Crippen LogP contribution in [0.4, 0.5) is 5.69 Å². The van der Waals surface area contributed by atoms with E-state index in [4.69, 9.17) is 5.11 Å². The van der Waals surface area contributed by atoms with E-state index in [0.29, 0.717) is 36.9 Å². The van der Waals surface area contributed by atoms with Gasteiger partial charge in [0.25, 0.3) is 0 Å². The maximum absolute atomic E-state index is 11.9. The number of nitrogens with zero attached hydrogens (tertiary/aromatic N) is 1. The van der Waals surface area contributed by atoms with Crippen molar-refractivity contribution < 1.29 is 14.7 Å². The summed E-state index contributed by atoms with van der Waals surface area (Å²) in [4.78, 5) is 25.0. The molecule has 0 radical (unpaired) electrons. The van der Waals surface area contributed by atoms with E-state index in [1.165, 1.54) is 4.90 Å². The van der Waals surface area contributed by atoms with E-state index < -0.39 is 0 Å². The van der Waals surface area contributed by atoms with E-state index >= 15 is 0 Å². The van der Waals surface area contributed by atoms with Gasteiger partial charge in [0.2, 0.25) is 11.8 Å². The third-order valence-electron chi connectivity index (χ3n) is 2.88. The van der Waals surface area contributed by atoms with Crippen LogP contribution < -0.4 is 4.90 Å². The van der Waals surface area contributed by atoms with Crippen molar-refractivity contribution in [2.75, 3.05) is 11.5 Å². The van der Waals surface area contributed by atoms with Crippen LogP contribution in [0.3, 0.4) is 0 Å². The number of para-hydroxylation sites is 1. The molecule has 0 atom stereocenters. The van der Waals surface area contributed by atoms with Crippen LogP contribution in [0.15, 0.2) is 24.3 Å². The number of carbonyl (C=O) groups is 2. The van der Waals surface area contributed by atoms with Gasteiger partial charge in [0, 0.05) is 24.8 Å². The first-order valence-electron chi connectivity index (χ1n) is 6.28. The Balaban J connectivity index is 2.36. The molecular weight excluding hydrogens is 242 g/mol. The Morgan fingerprint density at radius 3 is 2.53 bits per heavy atom. The average molecular weight is 257 g/mol. The van der Waals surface area contributed by atoms with Crippen molar-refractivity contribution >= 4 is 17.5 Å². The molecule has 0 bridgehead atoms. The highest BCUT2D eigenvalue weighted by molar-refractivity contribution is 6.17. The van der Waals surface area contributed by atoms with Gasteiger partial charge in [0.15, 0.2) is 0 Å². The zero-order valence-electron chi connectivity index (χ0n) is 10.6. The normalized spacial score (nSPS) is 15.1. The SMILES string of the molecule is O=C1CCCC(=O)N1c1ccccc1C#CCCO. The van der Waals surface area contributed by atoms with E-state index in [-0.39, 0.29) is 18.4 Å². The molecule has 1 aromatic rings. The predicted molar refractivity (Wildman–Crippen MR) is 71.4 cm³/mol. The van der Waals surface area contributed by atoms with E-state index in [9.17, 15) is 9.59 Å². The molecule has 1 aliphatic heterocycles. The topological polar surface area (TPSA) is 57.6 Å². The Morgan fingerprint density at radius 1 is 1.16 bits per heavy atom. The fourth-order valence-electron chi connectivity index (χ4n) is 2.01. The van der Waals surface area contributed by atoms with Gasteiger partial charge < -0.3 is 5.11 Å². The molecule has 2 rings (SSSR count). The predicted octanol–water partition coefficient (Wildman–Crippen LogP) is 1.46. The largest absolute Gasteiger partial charge is 0.395 e. The van der Waals surface area contributed by atoms with Crippen molar-refractivity contribution in [3.05, 3.63) is 29.8 Å². The lowest BCUT2D eigenvalue weighted by Crippen LogP contribution is -2.40. The highest BCUT2D eigenvalue weighted by atomic mass is 16.2. The first-order chi connectivity index (χ1) is 9.24. The summed E-state index contributed by atoms with van der Waals surface area (Å²) in [5.41, 5.74) is 1.18. The number of anilines is 1. The van der Waals surface area contributed by atoms with E-state index in [1.54, 1.807) is 18.2 Å². The molecule has 2 amide bonds. The van der Waals surface area contributed by atoms with Crippen LogP contribution in [0.1, 0.15) is 31.2 Å². The number of hydrogen-bond acceptors (Lipinski definition) is 3. The van der Waals surface area contributed by atoms with E-state index in [0.717, 1.165) is 0 Å². The summed E-state index contributed by atoms with van der Waals surface area (Å²) < 4.78 is 0. The number of rotatable bonds is 2. The van der Waals surface area contributed by atoms with Gasteiger partial charge in [-0.05, 0) is 18.6 Å². The van der Waals surface area contributed by atoms with Crippen molar-refractivity contribution in [3.8, 4) is 11.8 Å². The number of amides is 2. The van der Waals surface area contributed by atoms with Crippen molar-refractivity contribution in [1.82, 2.24) is 0 Å².